The minimum absolute atomic E-state index is 0. The molecule has 8 nitrogen and oxygen atoms in total. The van der Waals surface area contributed by atoms with Crippen LogP contribution in [0.3, 0.4) is 0 Å². The van der Waals surface area contributed by atoms with E-state index in [0.717, 1.165) is 88.4 Å². The van der Waals surface area contributed by atoms with Crippen molar-refractivity contribution in [1.82, 2.24) is 25.4 Å². The van der Waals surface area contributed by atoms with E-state index in [2.05, 4.69) is 27.4 Å². The maximum absolute atomic E-state index is 12.2. The number of nitrogens with zero attached hydrogens (tertiary/aromatic N) is 4. The van der Waals surface area contributed by atoms with Gasteiger partial charge in [-0.3, -0.25) is 14.7 Å². The van der Waals surface area contributed by atoms with Gasteiger partial charge in [0.25, 0.3) is 0 Å². The van der Waals surface area contributed by atoms with Crippen molar-refractivity contribution in [2.24, 2.45) is 16.8 Å². The Morgan fingerprint density at radius 2 is 1.94 bits per heavy atom. The molecule has 3 heterocycles. The van der Waals surface area contributed by atoms with Gasteiger partial charge in [-0.2, -0.15) is 0 Å². The molecule has 1 aromatic heterocycles. The zero-order chi connectivity index (χ0) is 22.4. The molecular formula is C23H41IN6O2. The van der Waals surface area contributed by atoms with Gasteiger partial charge in [-0.05, 0) is 59.0 Å². The topological polar surface area (TPSA) is 86.0 Å². The summed E-state index contributed by atoms with van der Waals surface area (Å²) in [6.07, 6.45) is 3.25. The van der Waals surface area contributed by atoms with E-state index in [9.17, 15) is 4.79 Å². The van der Waals surface area contributed by atoms with Crippen LogP contribution in [-0.4, -0.2) is 72.0 Å². The lowest BCUT2D eigenvalue weighted by Gasteiger charge is -2.30. The molecule has 2 aliphatic heterocycles. The number of hydrogen-bond donors (Lipinski definition) is 2. The van der Waals surface area contributed by atoms with Crippen molar-refractivity contribution in [3.8, 4) is 0 Å². The molecule has 0 aromatic carbocycles. The van der Waals surface area contributed by atoms with Crippen molar-refractivity contribution in [1.29, 1.82) is 0 Å². The normalized spacial score (nSPS) is 20.5. The largest absolute Gasteiger partial charge is 0.444 e. The number of guanidine groups is 1. The molecule has 0 saturated carbocycles. The summed E-state index contributed by atoms with van der Waals surface area (Å²) in [4.78, 5) is 26.0. The Morgan fingerprint density at radius 3 is 2.53 bits per heavy atom. The molecule has 1 aromatic rings. The van der Waals surface area contributed by atoms with Crippen molar-refractivity contribution in [3.05, 3.63) is 17.3 Å². The standard InChI is InChI=1S/C23H40N6O2.HI/c1-6-24-23(27-20-9-12-29(14-20)22(30)16(2)3)25-13-19-7-10-28(11-8-19)15-21-26-17(4)18(5)31-21;/h16,19-20H,6-15H2,1-5H3,(H2,24,25,27);1H. The average molecular weight is 561 g/mol. The van der Waals surface area contributed by atoms with Crippen LogP contribution in [0, 0.1) is 25.7 Å². The number of likely N-dealkylation sites (tertiary alicyclic amines) is 2. The number of halogens is 1. The van der Waals surface area contributed by atoms with Crippen molar-refractivity contribution in [2.45, 2.75) is 66.5 Å². The molecule has 2 N–H and O–H groups in total. The molecule has 0 spiro atoms. The summed E-state index contributed by atoms with van der Waals surface area (Å²) >= 11 is 0. The summed E-state index contributed by atoms with van der Waals surface area (Å²) in [6, 6.07) is 0.273. The van der Waals surface area contributed by atoms with Crippen LogP contribution in [0.4, 0.5) is 0 Å². The van der Waals surface area contributed by atoms with Gasteiger partial charge < -0.3 is 20.0 Å². The predicted octanol–water partition coefficient (Wildman–Crippen LogP) is 2.93. The van der Waals surface area contributed by atoms with Gasteiger partial charge in [0.2, 0.25) is 11.8 Å². The Bertz CT molecular complexity index is 738. The maximum Gasteiger partial charge on any atom is 0.225 e. The number of aromatic nitrogens is 1. The molecule has 0 radical (unpaired) electrons. The summed E-state index contributed by atoms with van der Waals surface area (Å²) in [6.45, 7) is 16.1. The smallest absolute Gasteiger partial charge is 0.225 e. The van der Waals surface area contributed by atoms with Crippen molar-refractivity contribution < 1.29 is 9.21 Å². The number of rotatable bonds is 7. The summed E-state index contributed by atoms with van der Waals surface area (Å²) in [5.41, 5.74) is 0.988. The molecule has 2 aliphatic rings. The van der Waals surface area contributed by atoms with E-state index < -0.39 is 0 Å². The number of aliphatic imine (C=N–C) groups is 1. The highest BCUT2D eigenvalue weighted by Crippen LogP contribution is 2.20. The Morgan fingerprint density at radius 1 is 1.22 bits per heavy atom. The number of amides is 1. The summed E-state index contributed by atoms with van der Waals surface area (Å²) in [7, 11) is 0. The lowest BCUT2D eigenvalue weighted by molar-refractivity contribution is -0.133. The first-order chi connectivity index (χ1) is 14.9. The van der Waals surface area contributed by atoms with Crippen molar-refractivity contribution >= 4 is 35.8 Å². The van der Waals surface area contributed by atoms with Gasteiger partial charge in [0, 0.05) is 38.1 Å². The van der Waals surface area contributed by atoms with Crippen LogP contribution in [0.5, 0.6) is 0 Å². The van der Waals surface area contributed by atoms with Crippen molar-refractivity contribution in [2.75, 3.05) is 39.3 Å². The highest BCUT2D eigenvalue weighted by molar-refractivity contribution is 14.0. The zero-order valence-electron chi connectivity index (χ0n) is 20.3. The number of piperidine rings is 1. The van der Waals surface area contributed by atoms with E-state index in [1.165, 1.54) is 0 Å². The Balaban J connectivity index is 0.00000363. The molecule has 1 amide bonds. The van der Waals surface area contributed by atoms with Gasteiger partial charge in [0.05, 0.1) is 12.2 Å². The number of oxazole rings is 1. The fraction of sp³-hybridized carbons (Fsp3) is 0.783. The molecule has 0 bridgehead atoms. The second-order valence-electron chi connectivity index (χ2n) is 9.26. The Kier molecular flexibility index (Phi) is 10.7. The lowest BCUT2D eigenvalue weighted by Crippen LogP contribution is -2.45. The molecule has 3 rings (SSSR count). The van der Waals surface area contributed by atoms with Crippen LogP contribution >= 0.6 is 24.0 Å². The fourth-order valence-electron chi connectivity index (χ4n) is 4.30. The van der Waals surface area contributed by atoms with E-state index in [4.69, 9.17) is 9.41 Å². The van der Waals surface area contributed by atoms with Gasteiger partial charge in [0.1, 0.15) is 5.76 Å². The van der Waals surface area contributed by atoms with E-state index in [0.29, 0.717) is 5.92 Å². The van der Waals surface area contributed by atoms with Gasteiger partial charge in [-0.15, -0.1) is 24.0 Å². The van der Waals surface area contributed by atoms with E-state index in [1.54, 1.807) is 0 Å². The highest BCUT2D eigenvalue weighted by atomic mass is 127. The third-order valence-electron chi connectivity index (χ3n) is 6.33. The van der Waals surface area contributed by atoms with Crippen LogP contribution in [0.15, 0.2) is 9.41 Å². The van der Waals surface area contributed by atoms with E-state index >= 15 is 0 Å². The number of carbonyl (C=O) groups excluding carboxylic acids is 1. The van der Waals surface area contributed by atoms with Crippen LogP contribution in [0.1, 0.15) is 57.4 Å². The number of aryl methyl sites for hydroxylation is 2. The number of hydrogen-bond acceptors (Lipinski definition) is 5. The molecule has 0 aliphatic carbocycles. The number of carbonyl (C=O) groups is 1. The first kappa shape index (κ1) is 26.9. The minimum Gasteiger partial charge on any atom is -0.444 e. The third kappa shape index (κ3) is 7.60. The van der Waals surface area contributed by atoms with Gasteiger partial charge in [-0.1, -0.05) is 13.8 Å². The SMILES string of the molecule is CCNC(=NCC1CCN(Cc2nc(C)c(C)o2)CC1)NC1CCN(C(=O)C(C)C)C1.I. The molecule has 182 valence electrons. The van der Waals surface area contributed by atoms with Crippen LogP contribution in [0.25, 0.3) is 0 Å². The highest BCUT2D eigenvalue weighted by Gasteiger charge is 2.28. The summed E-state index contributed by atoms with van der Waals surface area (Å²) in [5, 5.41) is 6.91. The predicted molar refractivity (Wildman–Crippen MR) is 138 cm³/mol. The monoisotopic (exact) mass is 560 g/mol. The zero-order valence-corrected chi connectivity index (χ0v) is 22.6. The third-order valence-corrected chi connectivity index (χ3v) is 6.33. The van der Waals surface area contributed by atoms with Gasteiger partial charge in [0.15, 0.2) is 5.96 Å². The fourth-order valence-corrected chi connectivity index (χ4v) is 4.30. The Labute approximate surface area is 210 Å². The molecular weight excluding hydrogens is 519 g/mol. The molecule has 2 fully saturated rings. The first-order valence-corrected chi connectivity index (χ1v) is 11.8. The van der Waals surface area contributed by atoms with E-state index in [-0.39, 0.29) is 41.8 Å². The summed E-state index contributed by atoms with van der Waals surface area (Å²) in [5.74, 6) is 3.52. The molecule has 1 unspecified atom stereocenters. The number of nitrogens with one attached hydrogen (secondary N) is 2. The second-order valence-corrected chi connectivity index (χ2v) is 9.26. The van der Waals surface area contributed by atoms with Crippen LogP contribution in [-0.2, 0) is 11.3 Å². The molecule has 2 saturated heterocycles. The first-order valence-electron chi connectivity index (χ1n) is 11.8. The van der Waals surface area contributed by atoms with Crippen molar-refractivity contribution in [3.63, 3.8) is 0 Å². The molecule has 32 heavy (non-hydrogen) atoms. The average Bonchev–Trinajstić information content (AvgIpc) is 3.33. The van der Waals surface area contributed by atoms with Crippen LogP contribution in [0.2, 0.25) is 0 Å². The maximum atomic E-state index is 12.2. The van der Waals surface area contributed by atoms with Gasteiger partial charge in [-0.25, -0.2) is 4.98 Å². The molecule has 1 atom stereocenters. The summed E-state index contributed by atoms with van der Waals surface area (Å²) < 4.78 is 5.73. The van der Waals surface area contributed by atoms with E-state index in [1.807, 2.05) is 32.6 Å². The quantitative estimate of drug-likeness (QED) is 0.303. The lowest BCUT2D eigenvalue weighted by atomic mass is 9.97. The Hall–Kier alpha value is -1.36. The minimum atomic E-state index is 0. The van der Waals surface area contributed by atoms with Crippen LogP contribution < -0.4 is 10.6 Å². The second kappa shape index (κ2) is 12.8. The molecule has 9 heteroatoms. The van der Waals surface area contributed by atoms with Gasteiger partial charge >= 0.3 is 0 Å².